The van der Waals surface area contributed by atoms with Crippen LogP contribution in [0, 0.1) is 0 Å². The monoisotopic (exact) mass is 438 g/mol. The number of rotatable bonds is 8. The van der Waals surface area contributed by atoms with Gasteiger partial charge in [0.25, 0.3) is 0 Å². The van der Waals surface area contributed by atoms with Gasteiger partial charge in [-0.05, 0) is 39.9 Å². The second-order valence-corrected chi connectivity index (χ2v) is 8.29. The van der Waals surface area contributed by atoms with Crippen molar-refractivity contribution in [2.45, 2.75) is 52.0 Å². The van der Waals surface area contributed by atoms with Gasteiger partial charge in [0.05, 0.1) is 6.42 Å². The van der Waals surface area contributed by atoms with E-state index in [0.717, 1.165) is 21.3 Å². The van der Waals surface area contributed by atoms with E-state index in [0.29, 0.717) is 17.5 Å². The Hall–Kier alpha value is -1.80. The van der Waals surface area contributed by atoms with E-state index in [-0.39, 0.29) is 18.2 Å². The Balaban J connectivity index is 1.97. The van der Waals surface area contributed by atoms with Crippen molar-refractivity contribution in [2.24, 2.45) is 0 Å². The van der Waals surface area contributed by atoms with Gasteiger partial charge in [-0.3, -0.25) is 14.6 Å². The molecule has 1 atom stereocenters. The fourth-order valence-corrected chi connectivity index (χ4v) is 3.58. The van der Waals surface area contributed by atoms with Crippen molar-refractivity contribution < 1.29 is 9.59 Å². The first-order valence-electron chi connectivity index (χ1n) is 8.54. The van der Waals surface area contributed by atoms with E-state index < -0.39 is 6.04 Å². The molecule has 2 heterocycles. The summed E-state index contributed by atoms with van der Waals surface area (Å²) >= 11 is 4.79. The summed E-state index contributed by atoms with van der Waals surface area (Å²) in [7, 11) is 0. The zero-order chi connectivity index (χ0) is 19.1. The molecule has 0 radical (unpaired) electrons. The molecular weight excluding hydrogens is 416 g/mol. The Morgan fingerprint density at radius 2 is 2.04 bits per heavy atom. The molecule has 0 saturated heterocycles. The zero-order valence-corrected chi connectivity index (χ0v) is 17.5. The first-order chi connectivity index (χ1) is 12.4. The molecule has 8 heteroatoms. The largest absolute Gasteiger partial charge is 0.344 e. The molecule has 0 bridgehead atoms. The predicted molar refractivity (Wildman–Crippen MR) is 107 cm³/mol. The van der Waals surface area contributed by atoms with Crippen molar-refractivity contribution in [3.05, 3.63) is 39.6 Å². The molecule has 2 N–H and O–H groups in total. The van der Waals surface area contributed by atoms with Crippen LogP contribution in [0.5, 0.6) is 0 Å². The SMILES string of the molecule is CCCC(NC(=O)Cc1cncc(Br)c1)C(=O)Nc1ncc(C(C)C)s1. The van der Waals surface area contributed by atoms with Gasteiger partial charge in [-0.2, -0.15) is 0 Å². The van der Waals surface area contributed by atoms with Crippen LogP contribution in [0.15, 0.2) is 29.1 Å². The number of carbonyl (C=O) groups is 2. The predicted octanol–water partition coefficient (Wildman–Crippen LogP) is 3.89. The number of carbonyl (C=O) groups excluding carboxylic acids is 2. The average molecular weight is 439 g/mol. The maximum absolute atomic E-state index is 12.5. The van der Waals surface area contributed by atoms with Crippen LogP contribution in [0.4, 0.5) is 5.13 Å². The minimum Gasteiger partial charge on any atom is -0.344 e. The Bertz CT molecular complexity index is 763. The number of thiazole rings is 1. The number of hydrogen-bond donors (Lipinski definition) is 2. The van der Waals surface area contributed by atoms with Crippen LogP contribution in [0.1, 0.15) is 50.0 Å². The number of amides is 2. The first kappa shape index (κ1) is 20.5. The fourth-order valence-electron chi connectivity index (χ4n) is 2.34. The molecule has 0 aliphatic rings. The third-order valence-electron chi connectivity index (χ3n) is 3.68. The molecule has 2 amide bonds. The van der Waals surface area contributed by atoms with E-state index in [1.165, 1.54) is 11.3 Å². The fraction of sp³-hybridized carbons (Fsp3) is 0.444. The van der Waals surface area contributed by atoms with Crippen LogP contribution in [0.25, 0.3) is 0 Å². The molecule has 1 unspecified atom stereocenters. The molecule has 26 heavy (non-hydrogen) atoms. The van der Waals surface area contributed by atoms with E-state index >= 15 is 0 Å². The third kappa shape index (κ3) is 6.17. The second-order valence-electron chi connectivity index (χ2n) is 6.31. The van der Waals surface area contributed by atoms with Crippen molar-refractivity contribution in [3.63, 3.8) is 0 Å². The Kier molecular flexibility index (Phi) is 7.71. The summed E-state index contributed by atoms with van der Waals surface area (Å²) in [6.07, 6.45) is 6.60. The van der Waals surface area contributed by atoms with Crippen LogP contribution in [-0.4, -0.2) is 27.8 Å². The number of pyridine rings is 1. The van der Waals surface area contributed by atoms with Crippen molar-refractivity contribution in [2.75, 3.05) is 5.32 Å². The number of anilines is 1. The van der Waals surface area contributed by atoms with Crippen LogP contribution in [0.2, 0.25) is 0 Å². The standard InChI is InChI=1S/C18H23BrN4O2S/c1-4-5-14(17(25)23-18-21-10-15(26-18)11(2)3)22-16(24)7-12-6-13(19)9-20-8-12/h6,8-11,14H,4-5,7H2,1-3H3,(H,22,24)(H,21,23,25). The number of nitrogens with one attached hydrogen (secondary N) is 2. The summed E-state index contributed by atoms with van der Waals surface area (Å²) in [4.78, 5) is 34.3. The Morgan fingerprint density at radius 3 is 2.65 bits per heavy atom. The minimum atomic E-state index is -0.584. The average Bonchev–Trinajstić information content (AvgIpc) is 3.03. The maximum Gasteiger partial charge on any atom is 0.248 e. The van der Waals surface area contributed by atoms with E-state index in [1.54, 1.807) is 18.6 Å². The molecule has 0 fully saturated rings. The number of aromatic nitrogens is 2. The quantitative estimate of drug-likeness (QED) is 0.654. The number of halogens is 1. The van der Waals surface area contributed by atoms with Crippen molar-refractivity contribution in [1.82, 2.24) is 15.3 Å². The summed E-state index contributed by atoms with van der Waals surface area (Å²) in [5.74, 6) is -0.0826. The minimum absolute atomic E-state index is 0.175. The van der Waals surface area contributed by atoms with Gasteiger partial charge in [0, 0.05) is 27.9 Å². The number of hydrogen-bond acceptors (Lipinski definition) is 5. The van der Waals surface area contributed by atoms with E-state index in [9.17, 15) is 9.59 Å². The van der Waals surface area contributed by atoms with Gasteiger partial charge in [-0.25, -0.2) is 4.98 Å². The zero-order valence-electron chi connectivity index (χ0n) is 15.1. The summed E-state index contributed by atoms with van der Waals surface area (Å²) in [5, 5.41) is 6.19. The molecule has 6 nitrogen and oxygen atoms in total. The van der Waals surface area contributed by atoms with Crippen molar-refractivity contribution >= 4 is 44.2 Å². The highest BCUT2D eigenvalue weighted by atomic mass is 79.9. The van der Waals surface area contributed by atoms with Crippen LogP contribution < -0.4 is 10.6 Å². The lowest BCUT2D eigenvalue weighted by Crippen LogP contribution is -2.44. The third-order valence-corrected chi connectivity index (χ3v) is 5.32. The summed E-state index contributed by atoms with van der Waals surface area (Å²) in [6.45, 7) is 6.14. The van der Waals surface area contributed by atoms with Gasteiger partial charge in [0.15, 0.2) is 5.13 Å². The molecule has 0 aromatic carbocycles. The molecule has 2 rings (SSSR count). The highest BCUT2D eigenvalue weighted by Gasteiger charge is 2.21. The van der Waals surface area contributed by atoms with Gasteiger partial charge in [-0.1, -0.05) is 27.2 Å². The molecule has 140 valence electrons. The van der Waals surface area contributed by atoms with Gasteiger partial charge in [0.2, 0.25) is 11.8 Å². The van der Waals surface area contributed by atoms with Gasteiger partial charge < -0.3 is 10.6 Å². The lowest BCUT2D eigenvalue weighted by molar-refractivity contribution is -0.126. The van der Waals surface area contributed by atoms with Crippen molar-refractivity contribution in [1.29, 1.82) is 0 Å². The topological polar surface area (TPSA) is 84.0 Å². The normalized spacial score (nSPS) is 12.0. The Morgan fingerprint density at radius 1 is 1.27 bits per heavy atom. The molecular formula is C18H23BrN4O2S. The molecule has 0 aliphatic carbocycles. The van der Waals surface area contributed by atoms with E-state index in [2.05, 4.69) is 50.4 Å². The van der Waals surface area contributed by atoms with Gasteiger partial charge >= 0.3 is 0 Å². The number of nitrogens with zero attached hydrogens (tertiary/aromatic N) is 2. The summed E-state index contributed by atoms with van der Waals surface area (Å²) < 4.78 is 0.815. The maximum atomic E-state index is 12.5. The first-order valence-corrected chi connectivity index (χ1v) is 10.1. The summed E-state index contributed by atoms with van der Waals surface area (Å²) in [6, 6.07) is 1.25. The van der Waals surface area contributed by atoms with Crippen LogP contribution >= 0.6 is 27.3 Å². The molecule has 0 spiro atoms. The summed E-state index contributed by atoms with van der Waals surface area (Å²) in [5.41, 5.74) is 0.786. The van der Waals surface area contributed by atoms with Crippen LogP contribution in [0.3, 0.4) is 0 Å². The highest BCUT2D eigenvalue weighted by Crippen LogP contribution is 2.25. The second kappa shape index (κ2) is 9.78. The van der Waals surface area contributed by atoms with Gasteiger partial charge in [-0.15, -0.1) is 11.3 Å². The molecule has 2 aromatic heterocycles. The highest BCUT2D eigenvalue weighted by molar-refractivity contribution is 9.10. The molecule has 0 aliphatic heterocycles. The smallest absolute Gasteiger partial charge is 0.248 e. The molecule has 0 saturated carbocycles. The van der Waals surface area contributed by atoms with E-state index in [4.69, 9.17) is 0 Å². The van der Waals surface area contributed by atoms with Crippen molar-refractivity contribution in [3.8, 4) is 0 Å². The molecule has 2 aromatic rings. The Labute approximate surface area is 166 Å². The lowest BCUT2D eigenvalue weighted by atomic mass is 10.1. The van der Waals surface area contributed by atoms with Gasteiger partial charge in [0.1, 0.15) is 6.04 Å². The lowest BCUT2D eigenvalue weighted by Gasteiger charge is -2.17. The van der Waals surface area contributed by atoms with E-state index in [1.807, 2.05) is 13.0 Å². The van der Waals surface area contributed by atoms with Crippen LogP contribution in [-0.2, 0) is 16.0 Å².